The third kappa shape index (κ3) is 2.03. The van der Waals surface area contributed by atoms with Gasteiger partial charge in [-0.2, -0.15) is 5.10 Å². The number of anilines is 1. The van der Waals surface area contributed by atoms with Crippen molar-refractivity contribution in [2.45, 2.75) is 19.9 Å². The zero-order valence-corrected chi connectivity index (χ0v) is 10.7. The van der Waals surface area contributed by atoms with Crippen LogP contribution in [0.25, 0.3) is 22.4 Å². The summed E-state index contributed by atoms with van der Waals surface area (Å²) in [4.78, 5) is 9.02. The molecule has 0 amide bonds. The van der Waals surface area contributed by atoms with Crippen LogP contribution < -0.4 is 5.73 Å². The van der Waals surface area contributed by atoms with Crippen molar-refractivity contribution in [2.75, 3.05) is 5.73 Å². The molecule has 0 saturated carbocycles. The van der Waals surface area contributed by atoms with Gasteiger partial charge in [0.2, 0.25) is 0 Å². The van der Waals surface area contributed by atoms with Crippen molar-refractivity contribution in [3.63, 3.8) is 0 Å². The third-order valence-electron chi connectivity index (χ3n) is 2.99. The van der Waals surface area contributed by atoms with E-state index in [4.69, 9.17) is 5.73 Å². The summed E-state index contributed by atoms with van der Waals surface area (Å²) >= 11 is 0. The summed E-state index contributed by atoms with van der Waals surface area (Å²) in [7, 11) is 0. The van der Waals surface area contributed by atoms with E-state index in [9.17, 15) is 0 Å². The van der Waals surface area contributed by atoms with Gasteiger partial charge in [0.05, 0.1) is 16.7 Å². The van der Waals surface area contributed by atoms with Crippen molar-refractivity contribution in [3.8, 4) is 11.4 Å². The number of para-hydroxylation sites is 2. The lowest BCUT2D eigenvalue weighted by Gasteiger charge is -2.08. The van der Waals surface area contributed by atoms with E-state index in [1.54, 1.807) is 6.20 Å². The fourth-order valence-corrected chi connectivity index (χ4v) is 2.13. The molecule has 0 aliphatic heterocycles. The van der Waals surface area contributed by atoms with E-state index in [0.29, 0.717) is 11.5 Å². The minimum absolute atomic E-state index is 0.441. The fourth-order valence-electron chi connectivity index (χ4n) is 2.13. The quantitative estimate of drug-likeness (QED) is 0.778. The smallest absolute Gasteiger partial charge is 0.152 e. The Morgan fingerprint density at radius 1 is 1.11 bits per heavy atom. The number of rotatable bonds is 3. The Morgan fingerprint density at radius 3 is 2.58 bits per heavy atom. The van der Waals surface area contributed by atoms with Crippen LogP contribution in [0, 0.1) is 0 Å². The van der Waals surface area contributed by atoms with Crippen LogP contribution in [-0.4, -0.2) is 19.7 Å². The number of benzene rings is 1. The van der Waals surface area contributed by atoms with Crippen LogP contribution >= 0.6 is 0 Å². The number of nitrogens with zero attached hydrogens (tertiary/aromatic N) is 4. The molecule has 2 aromatic heterocycles. The van der Waals surface area contributed by atoms with E-state index in [2.05, 4.69) is 22.0 Å². The first-order valence-corrected chi connectivity index (χ1v) is 6.34. The number of aryl methyl sites for hydroxylation is 1. The Kier molecular flexibility index (Phi) is 2.87. The van der Waals surface area contributed by atoms with E-state index in [-0.39, 0.29) is 0 Å². The lowest BCUT2D eigenvalue weighted by Crippen LogP contribution is -2.05. The summed E-state index contributed by atoms with van der Waals surface area (Å²) in [5.74, 6) is 0.441. The third-order valence-corrected chi connectivity index (χ3v) is 2.99. The number of hydrogen-bond donors (Lipinski definition) is 1. The van der Waals surface area contributed by atoms with Crippen molar-refractivity contribution in [1.82, 2.24) is 19.7 Å². The molecular weight excluding hydrogens is 238 g/mol. The molecule has 0 aliphatic rings. The molecule has 0 radical (unpaired) electrons. The standard InChI is InChI=1S/C14H15N5/c1-2-9-19-12(7-8-16-19)13-14(15)18-11-6-4-3-5-10(11)17-13/h3-8H,2,9H2,1H3,(H2,15,18). The molecule has 2 N–H and O–H groups in total. The maximum Gasteiger partial charge on any atom is 0.152 e. The average molecular weight is 253 g/mol. The molecule has 3 aromatic rings. The van der Waals surface area contributed by atoms with E-state index >= 15 is 0 Å². The van der Waals surface area contributed by atoms with Gasteiger partial charge >= 0.3 is 0 Å². The van der Waals surface area contributed by atoms with Gasteiger partial charge in [0, 0.05) is 12.7 Å². The monoisotopic (exact) mass is 253 g/mol. The number of nitrogen functional groups attached to an aromatic ring is 1. The van der Waals surface area contributed by atoms with Crippen LogP contribution in [-0.2, 0) is 6.54 Å². The number of hydrogen-bond acceptors (Lipinski definition) is 4. The average Bonchev–Trinajstić information content (AvgIpc) is 2.86. The van der Waals surface area contributed by atoms with Crippen LogP contribution in [0.2, 0.25) is 0 Å². The maximum absolute atomic E-state index is 6.03. The molecule has 0 bridgehead atoms. The molecule has 1 aromatic carbocycles. The van der Waals surface area contributed by atoms with Crippen LogP contribution in [0.1, 0.15) is 13.3 Å². The molecule has 0 saturated heterocycles. The molecule has 2 heterocycles. The molecular formula is C14H15N5. The summed E-state index contributed by atoms with van der Waals surface area (Å²) in [6, 6.07) is 9.64. The number of fused-ring (bicyclic) bond motifs is 1. The Morgan fingerprint density at radius 2 is 1.84 bits per heavy atom. The first kappa shape index (κ1) is 11.6. The SMILES string of the molecule is CCCn1nccc1-c1nc2ccccc2nc1N. The normalized spacial score (nSPS) is 11.0. The highest BCUT2D eigenvalue weighted by Gasteiger charge is 2.12. The van der Waals surface area contributed by atoms with Gasteiger partial charge in [-0.05, 0) is 24.6 Å². The minimum Gasteiger partial charge on any atom is -0.382 e. The molecule has 3 rings (SSSR count). The molecule has 5 nitrogen and oxygen atoms in total. The van der Waals surface area contributed by atoms with Gasteiger partial charge in [-0.1, -0.05) is 19.1 Å². The number of aromatic nitrogens is 4. The Bertz CT molecular complexity index is 717. The molecule has 0 atom stereocenters. The summed E-state index contributed by atoms with van der Waals surface area (Å²) in [5, 5.41) is 4.30. The molecule has 0 spiro atoms. The molecule has 5 heteroatoms. The van der Waals surface area contributed by atoms with Crippen LogP contribution in [0.4, 0.5) is 5.82 Å². The zero-order chi connectivity index (χ0) is 13.2. The highest BCUT2D eigenvalue weighted by Crippen LogP contribution is 2.24. The van der Waals surface area contributed by atoms with Gasteiger partial charge in [-0.25, -0.2) is 9.97 Å². The van der Waals surface area contributed by atoms with Crippen molar-refractivity contribution in [1.29, 1.82) is 0 Å². The lowest BCUT2D eigenvalue weighted by atomic mass is 10.2. The Labute approximate surface area is 111 Å². The topological polar surface area (TPSA) is 69.6 Å². The lowest BCUT2D eigenvalue weighted by molar-refractivity contribution is 0.608. The highest BCUT2D eigenvalue weighted by molar-refractivity contribution is 5.81. The van der Waals surface area contributed by atoms with Gasteiger partial charge in [0.1, 0.15) is 5.69 Å². The second-order valence-corrected chi connectivity index (χ2v) is 4.39. The van der Waals surface area contributed by atoms with E-state index in [1.165, 1.54) is 0 Å². The molecule has 0 unspecified atom stereocenters. The van der Waals surface area contributed by atoms with Crippen molar-refractivity contribution < 1.29 is 0 Å². The van der Waals surface area contributed by atoms with Crippen LogP contribution in [0.3, 0.4) is 0 Å². The van der Waals surface area contributed by atoms with Gasteiger partial charge in [0.25, 0.3) is 0 Å². The molecule has 0 aliphatic carbocycles. The first-order valence-electron chi connectivity index (χ1n) is 6.34. The highest BCUT2D eigenvalue weighted by atomic mass is 15.3. The Balaban J connectivity index is 2.18. The van der Waals surface area contributed by atoms with E-state index < -0.39 is 0 Å². The predicted molar refractivity (Wildman–Crippen MR) is 75.5 cm³/mol. The first-order chi connectivity index (χ1) is 9.29. The fraction of sp³-hybridized carbons (Fsp3) is 0.214. The van der Waals surface area contributed by atoms with Gasteiger partial charge in [-0.3, -0.25) is 4.68 Å². The van der Waals surface area contributed by atoms with Crippen LogP contribution in [0.5, 0.6) is 0 Å². The van der Waals surface area contributed by atoms with Crippen molar-refractivity contribution >= 4 is 16.9 Å². The van der Waals surface area contributed by atoms with E-state index in [1.807, 2.05) is 35.0 Å². The van der Waals surface area contributed by atoms with Crippen LogP contribution in [0.15, 0.2) is 36.5 Å². The van der Waals surface area contributed by atoms with Crippen molar-refractivity contribution in [3.05, 3.63) is 36.5 Å². The zero-order valence-electron chi connectivity index (χ0n) is 10.7. The molecule has 96 valence electrons. The second-order valence-electron chi connectivity index (χ2n) is 4.39. The van der Waals surface area contributed by atoms with Gasteiger partial charge in [0.15, 0.2) is 5.82 Å². The minimum atomic E-state index is 0.441. The summed E-state index contributed by atoms with van der Waals surface area (Å²) in [5.41, 5.74) is 9.30. The van der Waals surface area contributed by atoms with Crippen molar-refractivity contribution in [2.24, 2.45) is 0 Å². The second kappa shape index (κ2) is 4.68. The predicted octanol–water partition coefficient (Wildman–Crippen LogP) is 2.49. The van der Waals surface area contributed by atoms with Gasteiger partial charge in [-0.15, -0.1) is 0 Å². The summed E-state index contributed by atoms with van der Waals surface area (Å²) < 4.78 is 1.91. The Hall–Kier alpha value is -2.43. The largest absolute Gasteiger partial charge is 0.382 e. The van der Waals surface area contributed by atoms with Gasteiger partial charge < -0.3 is 5.73 Å². The molecule has 19 heavy (non-hydrogen) atoms. The summed E-state index contributed by atoms with van der Waals surface area (Å²) in [6.07, 6.45) is 2.77. The molecule has 0 fully saturated rings. The summed E-state index contributed by atoms with van der Waals surface area (Å²) in [6.45, 7) is 2.96. The maximum atomic E-state index is 6.03. The van der Waals surface area contributed by atoms with E-state index in [0.717, 1.165) is 29.7 Å². The number of nitrogens with two attached hydrogens (primary N) is 1.